The minimum Gasteiger partial charge on any atom is -0.508 e. The Labute approximate surface area is 96.9 Å². The van der Waals surface area contributed by atoms with E-state index in [-0.39, 0.29) is 5.66 Å². The fraction of sp³-hybridized carbons (Fsp3) is 0.538. The zero-order valence-corrected chi connectivity index (χ0v) is 9.82. The number of nitrogens with zero attached hydrogens (tertiary/aromatic N) is 1. The Balaban J connectivity index is 2.07. The first-order valence-electron chi connectivity index (χ1n) is 5.90. The van der Waals surface area contributed by atoms with Crippen molar-refractivity contribution in [3.8, 4) is 5.75 Å². The predicted octanol–water partition coefficient (Wildman–Crippen LogP) is 1.71. The minimum absolute atomic E-state index is 0.301. The van der Waals surface area contributed by atoms with Gasteiger partial charge in [0.15, 0.2) is 0 Å². The van der Waals surface area contributed by atoms with Gasteiger partial charge in [0.1, 0.15) is 5.75 Å². The summed E-state index contributed by atoms with van der Waals surface area (Å²) < 4.78 is 0. The summed E-state index contributed by atoms with van der Waals surface area (Å²) in [5.41, 5.74) is 7.14. The fourth-order valence-electron chi connectivity index (χ4n) is 2.42. The molecule has 1 aliphatic heterocycles. The number of hydrogen-bond donors (Lipinski definition) is 2. The zero-order valence-electron chi connectivity index (χ0n) is 9.82. The van der Waals surface area contributed by atoms with Crippen LogP contribution in [0.15, 0.2) is 24.3 Å². The van der Waals surface area contributed by atoms with Gasteiger partial charge in [-0.15, -0.1) is 0 Å². The van der Waals surface area contributed by atoms with E-state index in [2.05, 4.69) is 11.8 Å². The lowest BCUT2D eigenvalue weighted by molar-refractivity contribution is 0.142. The van der Waals surface area contributed by atoms with Gasteiger partial charge >= 0.3 is 0 Å². The first-order valence-corrected chi connectivity index (χ1v) is 5.90. The van der Waals surface area contributed by atoms with E-state index in [1.54, 1.807) is 12.1 Å². The molecule has 1 atom stereocenters. The van der Waals surface area contributed by atoms with Crippen molar-refractivity contribution in [3.05, 3.63) is 29.8 Å². The van der Waals surface area contributed by atoms with Gasteiger partial charge in [-0.3, -0.25) is 4.90 Å². The molecule has 3 nitrogen and oxygen atoms in total. The maximum Gasteiger partial charge on any atom is 0.115 e. The number of phenols is 1. The van der Waals surface area contributed by atoms with E-state index >= 15 is 0 Å². The van der Waals surface area contributed by atoms with Crippen molar-refractivity contribution in [2.45, 2.75) is 31.8 Å². The van der Waals surface area contributed by atoms with Crippen LogP contribution in [-0.4, -0.2) is 28.8 Å². The Morgan fingerprint density at radius 3 is 2.69 bits per heavy atom. The molecule has 1 aromatic carbocycles. The summed E-state index contributed by atoms with van der Waals surface area (Å²) in [7, 11) is 0. The highest BCUT2D eigenvalue weighted by molar-refractivity contribution is 5.28. The molecule has 0 saturated carbocycles. The Bertz CT molecular complexity index is 357. The van der Waals surface area contributed by atoms with Crippen LogP contribution in [0, 0.1) is 0 Å². The van der Waals surface area contributed by atoms with Gasteiger partial charge in [0.25, 0.3) is 0 Å². The third-order valence-electron chi connectivity index (χ3n) is 3.30. The molecule has 88 valence electrons. The molecule has 0 aliphatic carbocycles. The normalized spacial score (nSPS) is 20.9. The molecule has 3 heteroatoms. The number of rotatable bonds is 3. The van der Waals surface area contributed by atoms with Crippen LogP contribution in [0.4, 0.5) is 0 Å². The molecule has 0 spiro atoms. The van der Waals surface area contributed by atoms with Gasteiger partial charge in [-0.2, -0.15) is 0 Å². The lowest BCUT2D eigenvalue weighted by atomic mass is 10.0. The molecule has 3 N–H and O–H groups in total. The molecular weight excluding hydrogens is 200 g/mol. The summed E-state index contributed by atoms with van der Waals surface area (Å²) in [6.45, 7) is 4.25. The summed E-state index contributed by atoms with van der Waals surface area (Å²) in [4.78, 5) is 2.33. The number of nitrogens with two attached hydrogens (primary N) is 1. The van der Waals surface area contributed by atoms with Crippen LogP contribution in [-0.2, 0) is 6.42 Å². The van der Waals surface area contributed by atoms with Crippen molar-refractivity contribution in [3.63, 3.8) is 0 Å². The quantitative estimate of drug-likeness (QED) is 0.815. The maximum atomic E-state index is 9.42. The topological polar surface area (TPSA) is 49.5 Å². The number of benzene rings is 1. The third-order valence-corrected chi connectivity index (χ3v) is 3.30. The van der Waals surface area contributed by atoms with E-state index in [0.29, 0.717) is 5.75 Å². The van der Waals surface area contributed by atoms with Crippen LogP contribution >= 0.6 is 0 Å². The van der Waals surface area contributed by atoms with Crippen LogP contribution in [0.25, 0.3) is 0 Å². The molecule has 16 heavy (non-hydrogen) atoms. The molecule has 1 saturated heterocycles. The summed E-state index contributed by atoms with van der Waals surface area (Å²) in [5, 5.41) is 9.42. The highest BCUT2D eigenvalue weighted by Crippen LogP contribution is 2.22. The van der Waals surface area contributed by atoms with Crippen LogP contribution in [0.5, 0.6) is 5.75 Å². The van der Waals surface area contributed by atoms with E-state index < -0.39 is 0 Å². The molecule has 0 radical (unpaired) electrons. The Morgan fingerprint density at radius 1 is 1.38 bits per heavy atom. The predicted molar refractivity (Wildman–Crippen MR) is 65.2 cm³/mol. The average Bonchev–Trinajstić information content (AvgIpc) is 2.69. The SMILES string of the molecule is CC(N)(Cc1cccc(O)c1)N1CCCC1. The van der Waals surface area contributed by atoms with Crippen LogP contribution in [0.3, 0.4) is 0 Å². The molecule has 1 fully saturated rings. The number of hydrogen-bond acceptors (Lipinski definition) is 3. The summed E-state index contributed by atoms with van der Waals surface area (Å²) >= 11 is 0. The number of aromatic hydroxyl groups is 1. The lowest BCUT2D eigenvalue weighted by Gasteiger charge is -2.35. The summed E-state index contributed by atoms with van der Waals surface area (Å²) in [6, 6.07) is 7.36. The molecule has 2 rings (SSSR count). The highest BCUT2D eigenvalue weighted by Gasteiger charge is 2.29. The lowest BCUT2D eigenvalue weighted by Crippen LogP contribution is -2.53. The molecule has 0 aromatic heterocycles. The van der Waals surface area contributed by atoms with Crippen molar-refractivity contribution in [1.82, 2.24) is 4.90 Å². The first kappa shape index (κ1) is 11.4. The molecule has 0 amide bonds. The molecule has 1 heterocycles. The van der Waals surface area contributed by atoms with Gasteiger partial charge < -0.3 is 10.8 Å². The second kappa shape index (κ2) is 4.44. The van der Waals surface area contributed by atoms with E-state index in [1.165, 1.54) is 12.8 Å². The van der Waals surface area contributed by atoms with E-state index in [0.717, 1.165) is 25.1 Å². The van der Waals surface area contributed by atoms with E-state index in [1.807, 2.05) is 12.1 Å². The van der Waals surface area contributed by atoms with Crippen molar-refractivity contribution in [2.24, 2.45) is 5.73 Å². The van der Waals surface area contributed by atoms with Crippen LogP contribution in [0.1, 0.15) is 25.3 Å². The molecule has 0 bridgehead atoms. The number of likely N-dealkylation sites (tertiary alicyclic amines) is 1. The third kappa shape index (κ3) is 2.54. The van der Waals surface area contributed by atoms with Gasteiger partial charge in [0.05, 0.1) is 5.66 Å². The van der Waals surface area contributed by atoms with Gasteiger partial charge in [0, 0.05) is 6.42 Å². The first-order chi connectivity index (χ1) is 7.58. The Morgan fingerprint density at radius 2 is 2.06 bits per heavy atom. The Hall–Kier alpha value is -1.06. The van der Waals surface area contributed by atoms with E-state index in [9.17, 15) is 5.11 Å². The van der Waals surface area contributed by atoms with Gasteiger partial charge in [-0.05, 0) is 50.6 Å². The maximum absolute atomic E-state index is 9.42. The van der Waals surface area contributed by atoms with Crippen molar-refractivity contribution in [1.29, 1.82) is 0 Å². The summed E-state index contributed by atoms with van der Waals surface area (Å²) in [6.07, 6.45) is 3.26. The zero-order chi connectivity index (χ0) is 11.6. The van der Waals surface area contributed by atoms with Crippen molar-refractivity contribution in [2.75, 3.05) is 13.1 Å². The second-order valence-corrected chi connectivity index (χ2v) is 4.90. The fourth-order valence-corrected chi connectivity index (χ4v) is 2.42. The smallest absolute Gasteiger partial charge is 0.115 e. The largest absolute Gasteiger partial charge is 0.508 e. The summed E-state index contributed by atoms with van der Waals surface area (Å²) in [5.74, 6) is 0.315. The van der Waals surface area contributed by atoms with Gasteiger partial charge in [-0.25, -0.2) is 0 Å². The van der Waals surface area contributed by atoms with Crippen molar-refractivity contribution >= 4 is 0 Å². The molecule has 1 unspecified atom stereocenters. The average molecular weight is 220 g/mol. The monoisotopic (exact) mass is 220 g/mol. The van der Waals surface area contributed by atoms with Gasteiger partial charge in [-0.1, -0.05) is 12.1 Å². The van der Waals surface area contributed by atoms with E-state index in [4.69, 9.17) is 5.73 Å². The Kier molecular flexibility index (Phi) is 3.17. The molecule has 1 aliphatic rings. The van der Waals surface area contributed by atoms with Gasteiger partial charge in [0.2, 0.25) is 0 Å². The minimum atomic E-state index is -0.301. The molecular formula is C13H20N2O. The van der Waals surface area contributed by atoms with Crippen LogP contribution < -0.4 is 5.73 Å². The highest BCUT2D eigenvalue weighted by atomic mass is 16.3. The molecule has 1 aromatic rings. The van der Waals surface area contributed by atoms with Crippen LogP contribution in [0.2, 0.25) is 0 Å². The standard InChI is InChI=1S/C13H20N2O/c1-13(14,15-7-2-3-8-15)10-11-5-4-6-12(16)9-11/h4-6,9,16H,2-3,7-8,10,14H2,1H3. The van der Waals surface area contributed by atoms with Crippen molar-refractivity contribution < 1.29 is 5.11 Å². The number of phenolic OH excluding ortho intramolecular Hbond substituents is 1. The second-order valence-electron chi connectivity index (χ2n) is 4.90.